The largest absolute Gasteiger partial charge is 0.370 e. The zero-order valence-corrected chi connectivity index (χ0v) is 12.7. The molecule has 1 saturated heterocycles. The van der Waals surface area contributed by atoms with E-state index in [1.165, 1.54) is 19.4 Å². The Morgan fingerprint density at radius 2 is 2.12 bits per heavy atom. The summed E-state index contributed by atoms with van der Waals surface area (Å²) in [4.78, 5) is 2.55. The molecule has 2 atom stereocenters. The normalized spacial score (nSPS) is 27.9. The molecule has 0 aromatic rings. The van der Waals surface area contributed by atoms with Crippen molar-refractivity contribution in [3.8, 4) is 0 Å². The lowest BCUT2D eigenvalue weighted by Gasteiger charge is -2.42. The molecule has 1 rings (SSSR count). The minimum Gasteiger partial charge on any atom is -0.370 e. The number of hydrogen-bond acceptors (Lipinski definition) is 2. The molecule has 96 valence electrons. The Kier molecular flexibility index (Phi) is 5.75. The van der Waals surface area contributed by atoms with E-state index in [-0.39, 0.29) is 5.60 Å². The molecule has 1 fully saturated rings. The molecule has 0 aliphatic carbocycles. The first-order valence-electron chi connectivity index (χ1n) is 6.39. The maximum Gasteiger partial charge on any atom is 0.0757 e. The minimum absolute atomic E-state index is 0.0241. The first kappa shape index (κ1) is 14.5. The molecular weight excluding hydrogens is 266 g/mol. The van der Waals surface area contributed by atoms with Crippen LogP contribution in [0.15, 0.2) is 0 Å². The summed E-state index contributed by atoms with van der Waals surface area (Å²) in [5.41, 5.74) is 0.0241. The molecule has 0 aromatic heterocycles. The smallest absolute Gasteiger partial charge is 0.0757 e. The first-order valence-corrected chi connectivity index (χ1v) is 7.51. The topological polar surface area (TPSA) is 12.5 Å². The van der Waals surface area contributed by atoms with Gasteiger partial charge in [0.1, 0.15) is 0 Å². The second-order valence-corrected chi connectivity index (χ2v) is 6.59. The molecule has 0 saturated carbocycles. The van der Waals surface area contributed by atoms with Crippen molar-refractivity contribution in [2.24, 2.45) is 5.92 Å². The molecule has 0 bridgehead atoms. The summed E-state index contributed by atoms with van der Waals surface area (Å²) in [5, 5.41) is 1.12. The molecule has 2 nitrogen and oxygen atoms in total. The van der Waals surface area contributed by atoms with Gasteiger partial charge in [0.15, 0.2) is 0 Å². The van der Waals surface area contributed by atoms with Gasteiger partial charge in [-0.05, 0) is 46.1 Å². The van der Waals surface area contributed by atoms with Crippen LogP contribution in [0.25, 0.3) is 0 Å². The highest BCUT2D eigenvalue weighted by Gasteiger charge is 2.30. The second-order valence-electron chi connectivity index (χ2n) is 5.79. The average molecular weight is 292 g/mol. The van der Waals surface area contributed by atoms with E-state index >= 15 is 0 Å². The summed E-state index contributed by atoms with van der Waals surface area (Å²) < 4.78 is 5.91. The summed E-state index contributed by atoms with van der Waals surface area (Å²) in [5.74, 6) is 0.820. The second kappa shape index (κ2) is 6.36. The zero-order valence-electron chi connectivity index (χ0n) is 11.1. The SMILES string of the molecule is CC(CCBr)CCN1CC(C)OC(C)(C)C1. The summed E-state index contributed by atoms with van der Waals surface area (Å²) >= 11 is 3.51. The van der Waals surface area contributed by atoms with Gasteiger partial charge >= 0.3 is 0 Å². The highest BCUT2D eigenvalue weighted by Crippen LogP contribution is 2.21. The molecule has 0 amide bonds. The predicted molar refractivity (Wildman–Crippen MR) is 73.3 cm³/mol. The van der Waals surface area contributed by atoms with Crippen LogP contribution in [0.4, 0.5) is 0 Å². The van der Waals surface area contributed by atoms with E-state index in [2.05, 4.69) is 48.5 Å². The quantitative estimate of drug-likeness (QED) is 0.721. The Bertz CT molecular complexity index is 208. The number of ether oxygens (including phenoxy) is 1. The van der Waals surface area contributed by atoms with Crippen molar-refractivity contribution in [3.63, 3.8) is 0 Å². The van der Waals surface area contributed by atoms with Gasteiger partial charge in [-0.2, -0.15) is 0 Å². The molecule has 3 heteroatoms. The van der Waals surface area contributed by atoms with Crippen LogP contribution in [0.3, 0.4) is 0 Å². The number of hydrogen-bond donors (Lipinski definition) is 0. The molecule has 0 N–H and O–H groups in total. The van der Waals surface area contributed by atoms with E-state index in [0.29, 0.717) is 6.10 Å². The molecule has 0 radical (unpaired) electrons. The van der Waals surface area contributed by atoms with Gasteiger partial charge in [0.2, 0.25) is 0 Å². The lowest BCUT2D eigenvalue weighted by molar-refractivity contribution is -0.129. The first-order chi connectivity index (χ1) is 7.43. The van der Waals surface area contributed by atoms with Crippen LogP contribution in [-0.2, 0) is 4.74 Å². The Labute approximate surface area is 109 Å². The van der Waals surface area contributed by atoms with E-state index in [1.807, 2.05) is 0 Å². The van der Waals surface area contributed by atoms with Crippen LogP contribution < -0.4 is 0 Å². The van der Waals surface area contributed by atoms with Crippen LogP contribution in [0, 0.1) is 5.92 Å². The maximum atomic E-state index is 5.91. The predicted octanol–water partition coefficient (Wildman–Crippen LogP) is 3.30. The maximum absolute atomic E-state index is 5.91. The Morgan fingerprint density at radius 1 is 1.44 bits per heavy atom. The zero-order chi connectivity index (χ0) is 12.2. The highest BCUT2D eigenvalue weighted by atomic mass is 79.9. The summed E-state index contributed by atoms with van der Waals surface area (Å²) in [6.07, 6.45) is 2.95. The fourth-order valence-electron chi connectivity index (χ4n) is 2.49. The van der Waals surface area contributed by atoms with Crippen molar-refractivity contribution in [2.45, 2.75) is 52.2 Å². The monoisotopic (exact) mass is 291 g/mol. The standard InChI is InChI=1S/C13H26BrNO/c1-11(5-7-14)6-8-15-9-12(2)16-13(3,4)10-15/h11-12H,5-10H2,1-4H3. The highest BCUT2D eigenvalue weighted by molar-refractivity contribution is 9.09. The summed E-state index contributed by atoms with van der Waals surface area (Å²) in [7, 11) is 0. The van der Waals surface area contributed by atoms with Gasteiger partial charge in [-0.15, -0.1) is 0 Å². The summed E-state index contributed by atoms with van der Waals surface area (Å²) in [6.45, 7) is 12.3. The Hall–Kier alpha value is 0.400. The van der Waals surface area contributed by atoms with E-state index in [4.69, 9.17) is 4.74 Å². The molecule has 0 spiro atoms. The van der Waals surface area contributed by atoms with Gasteiger partial charge in [-0.1, -0.05) is 22.9 Å². The Balaban J connectivity index is 2.31. The molecule has 1 aliphatic rings. The third kappa shape index (κ3) is 5.15. The fraction of sp³-hybridized carbons (Fsp3) is 1.00. The van der Waals surface area contributed by atoms with Crippen LogP contribution >= 0.6 is 15.9 Å². The van der Waals surface area contributed by atoms with Gasteiger partial charge in [-0.25, -0.2) is 0 Å². The molecule has 1 heterocycles. The van der Waals surface area contributed by atoms with Gasteiger partial charge < -0.3 is 4.74 Å². The lowest BCUT2D eigenvalue weighted by Crippen LogP contribution is -2.52. The van der Waals surface area contributed by atoms with Crippen LogP contribution in [-0.4, -0.2) is 41.6 Å². The van der Waals surface area contributed by atoms with E-state index < -0.39 is 0 Å². The molecule has 16 heavy (non-hydrogen) atoms. The number of alkyl halides is 1. The number of rotatable bonds is 5. The lowest BCUT2D eigenvalue weighted by atomic mass is 10.0. The van der Waals surface area contributed by atoms with E-state index in [0.717, 1.165) is 24.3 Å². The van der Waals surface area contributed by atoms with Crippen molar-refractivity contribution < 1.29 is 4.74 Å². The van der Waals surface area contributed by atoms with Crippen LogP contribution in [0.2, 0.25) is 0 Å². The van der Waals surface area contributed by atoms with Gasteiger partial charge in [0.05, 0.1) is 11.7 Å². The summed E-state index contributed by atoms with van der Waals surface area (Å²) in [6, 6.07) is 0. The van der Waals surface area contributed by atoms with Gasteiger partial charge in [0.25, 0.3) is 0 Å². The van der Waals surface area contributed by atoms with Crippen molar-refractivity contribution in [1.29, 1.82) is 0 Å². The van der Waals surface area contributed by atoms with E-state index in [1.54, 1.807) is 0 Å². The Morgan fingerprint density at radius 3 is 2.69 bits per heavy atom. The number of halogens is 1. The minimum atomic E-state index is 0.0241. The molecule has 0 aromatic carbocycles. The molecular formula is C13H26BrNO. The molecule has 1 aliphatic heterocycles. The molecule has 2 unspecified atom stereocenters. The number of morpholine rings is 1. The van der Waals surface area contributed by atoms with Gasteiger partial charge in [0, 0.05) is 18.4 Å². The average Bonchev–Trinajstić information content (AvgIpc) is 2.12. The van der Waals surface area contributed by atoms with Crippen molar-refractivity contribution in [3.05, 3.63) is 0 Å². The van der Waals surface area contributed by atoms with Crippen LogP contribution in [0.1, 0.15) is 40.5 Å². The van der Waals surface area contributed by atoms with Crippen LogP contribution in [0.5, 0.6) is 0 Å². The third-order valence-corrected chi connectivity index (χ3v) is 3.64. The van der Waals surface area contributed by atoms with E-state index in [9.17, 15) is 0 Å². The van der Waals surface area contributed by atoms with Gasteiger partial charge in [-0.3, -0.25) is 4.90 Å². The fourth-order valence-corrected chi connectivity index (χ4v) is 3.27. The van der Waals surface area contributed by atoms with Crippen molar-refractivity contribution in [1.82, 2.24) is 4.90 Å². The van der Waals surface area contributed by atoms with Crippen molar-refractivity contribution >= 4 is 15.9 Å². The van der Waals surface area contributed by atoms with Crippen molar-refractivity contribution in [2.75, 3.05) is 25.0 Å². The third-order valence-electron chi connectivity index (χ3n) is 3.18. The number of nitrogens with zero attached hydrogens (tertiary/aromatic N) is 1.